The van der Waals surface area contributed by atoms with E-state index in [1.807, 2.05) is 12.1 Å². The summed E-state index contributed by atoms with van der Waals surface area (Å²) in [6, 6.07) is 6.09. The van der Waals surface area contributed by atoms with E-state index in [4.69, 9.17) is 11.6 Å². The van der Waals surface area contributed by atoms with Crippen LogP contribution in [0.4, 0.5) is 0 Å². The highest BCUT2D eigenvalue weighted by Gasteiger charge is 2.17. The molecule has 0 spiro atoms. The largest absolute Gasteiger partial charge is 0.367 e. The molecule has 1 aliphatic rings. The maximum Gasteiger partial charge on any atom is 0.0442 e. The molecule has 1 aromatic carbocycles. The van der Waals surface area contributed by atoms with Gasteiger partial charge in [-0.15, -0.1) is 0 Å². The third-order valence-electron chi connectivity index (χ3n) is 2.85. The predicted molar refractivity (Wildman–Crippen MR) is 64.9 cm³/mol. The fraction of sp³-hybridized carbons (Fsp3) is 0.231. The molecule has 0 saturated carbocycles. The van der Waals surface area contributed by atoms with Crippen LogP contribution in [0.5, 0.6) is 0 Å². The number of nitrogens with zero attached hydrogens (tertiary/aromatic N) is 1. The van der Waals surface area contributed by atoms with Crippen LogP contribution in [0, 0.1) is 0 Å². The van der Waals surface area contributed by atoms with E-state index in [1.165, 1.54) is 11.1 Å². The lowest BCUT2D eigenvalue weighted by Crippen LogP contribution is -2.29. The topological polar surface area (TPSA) is 3.24 Å². The van der Waals surface area contributed by atoms with Crippen LogP contribution in [0.25, 0.3) is 0 Å². The summed E-state index contributed by atoms with van der Waals surface area (Å²) in [4.78, 5) is 2.23. The van der Waals surface area contributed by atoms with Crippen LogP contribution in [-0.4, -0.2) is 11.4 Å². The Hall–Kier alpha value is -1.21. The van der Waals surface area contributed by atoms with Gasteiger partial charge < -0.3 is 4.90 Å². The number of hydrogen-bond donors (Lipinski definition) is 0. The van der Waals surface area contributed by atoms with Crippen LogP contribution in [0.15, 0.2) is 43.1 Å². The van der Waals surface area contributed by atoms with Crippen molar-refractivity contribution in [2.24, 2.45) is 0 Å². The maximum absolute atomic E-state index is 6.14. The van der Waals surface area contributed by atoms with Crippen LogP contribution >= 0.6 is 11.6 Å². The number of allylic oxidation sites excluding steroid dienone is 1. The Morgan fingerprint density at radius 1 is 1.47 bits per heavy atom. The Morgan fingerprint density at radius 3 is 3.00 bits per heavy atom. The molecule has 2 rings (SSSR count). The first-order chi connectivity index (χ1) is 7.22. The molecule has 0 bridgehead atoms. The van der Waals surface area contributed by atoms with E-state index in [0.717, 1.165) is 30.2 Å². The van der Waals surface area contributed by atoms with Gasteiger partial charge in [0.25, 0.3) is 0 Å². The first kappa shape index (κ1) is 10.3. The first-order valence-corrected chi connectivity index (χ1v) is 5.42. The van der Waals surface area contributed by atoms with Gasteiger partial charge in [-0.1, -0.05) is 36.9 Å². The minimum Gasteiger partial charge on any atom is -0.367 e. The zero-order valence-corrected chi connectivity index (χ0v) is 9.43. The molecule has 1 nitrogen and oxygen atoms in total. The van der Waals surface area contributed by atoms with E-state index >= 15 is 0 Å². The summed E-state index contributed by atoms with van der Waals surface area (Å²) in [6.07, 6.45) is 2.79. The highest BCUT2D eigenvalue weighted by atomic mass is 35.5. The summed E-state index contributed by atoms with van der Waals surface area (Å²) in [7, 11) is 0. The molecule has 78 valence electrons. The molecule has 0 N–H and O–H groups in total. The van der Waals surface area contributed by atoms with Gasteiger partial charge in [0, 0.05) is 23.8 Å². The van der Waals surface area contributed by atoms with E-state index in [1.54, 1.807) is 6.08 Å². The van der Waals surface area contributed by atoms with Gasteiger partial charge in [-0.2, -0.15) is 0 Å². The van der Waals surface area contributed by atoms with Crippen molar-refractivity contribution in [1.82, 2.24) is 4.90 Å². The van der Waals surface area contributed by atoms with E-state index in [-0.39, 0.29) is 0 Å². The Labute approximate surface area is 95.7 Å². The second kappa shape index (κ2) is 4.11. The van der Waals surface area contributed by atoms with Crippen molar-refractivity contribution in [3.63, 3.8) is 0 Å². The van der Waals surface area contributed by atoms with Gasteiger partial charge in [-0.25, -0.2) is 0 Å². The standard InChI is InChI=1S/C13H14ClN/c1-3-10(2)15-8-7-12-11(9-15)5-4-6-13(12)14/h3-6H,1-2,7-9H2. The molecule has 0 unspecified atom stereocenters. The second-order valence-electron chi connectivity index (χ2n) is 3.74. The number of benzene rings is 1. The van der Waals surface area contributed by atoms with Gasteiger partial charge in [0.15, 0.2) is 0 Å². The van der Waals surface area contributed by atoms with Gasteiger partial charge in [-0.3, -0.25) is 0 Å². The van der Waals surface area contributed by atoms with E-state index in [2.05, 4.69) is 24.1 Å². The molecule has 0 aromatic heterocycles. The molecule has 2 heteroatoms. The van der Waals surface area contributed by atoms with Crippen molar-refractivity contribution < 1.29 is 0 Å². The summed E-state index contributed by atoms with van der Waals surface area (Å²) in [5.41, 5.74) is 3.57. The Bertz CT molecular complexity index is 409. The zero-order chi connectivity index (χ0) is 10.8. The average Bonchev–Trinajstić information content (AvgIpc) is 2.28. The number of fused-ring (bicyclic) bond motifs is 1. The van der Waals surface area contributed by atoms with E-state index < -0.39 is 0 Å². The summed E-state index contributed by atoms with van der Waals surface area (Å²) in [6.45, 7) is 9.57. The smallest absolute Gasteiger partial charge is 0.0442 e. The molecular weight excluding hydrogens is 206 g/mol. The SMILES string of the molecule is C=CC(=C)N1CCc2c(Cl)cccc2C1. The lowest BCUT2D eigenvalue weighted by Gasteiger charge is -2.31. The van der Waals surface area contributed by atoms with Gasteiger partial charge >= 0.3 is 0 Å². The average molecular weight is 220 g/mol. The molecule has 1 aliphatic heterocycles. The molecule has 0 amide bonds. The van der Waals surface area contributed by atoms with Crippen LogP contribution in [0.3, 0.4) is 0 Å². The molecule has 1 aromatic rings. The fourth-order valence-electron chi connectivity index (χ4n) is 1.94. The van der Waals surface area contributed by atoms with Crippen molar-refractivity contribution in [1.29, 1.82) is 0 Å². The lowest BCUT2D eigenvalue weighted by molar-refractivity contribution is 0.333. The van der Waals surface area contributed by atoms with Gasteiger partial charge in [-0.05, 0) is 29.7 Å². The third-order valence-corrected chi connectivity index (χ3v) is 3.20. The highest BCUT2D eigenvalue weighted by molar-refractivity contribution is 6.31. The molecule has 0 saturated heterocycles. The fourth-order valence-corrected chi connectivity index (χ4v) is 2.23. The monoisotopic (exact) mass is 219 g/mol. The normalized spacial score (nSPS) is 14.6. The summed E-state index contributed by atoms with van der Waals surface area (Å²) in [5.74, 6) is 0. The molecular formula is C13H14ClN. The molecule has 0 fully saturated rings. The first-order valence-electron chi connectivity index (χ1n) is 5.05. The number of rotatable bonds is 2. The van der Waals surface area contributed by atoms with Crippen molar-refractivity contribution in [3.8, 4) is 0 Å². The summed E-state index contributed by atoms with van der Waals surface area (Å²) < 4.78 is 0. The van der Waals surface area contributed by atoms with Crippen LogP contribution in [0.2, 0.25) is 5.02 Å². The Kier molecular flexibility index (Phi) is 2.83. The number of halogens is 1. The van der Waals surface area contributed by atoms with Crippen molar-refractivity contribution in [2.75, 3.05) is 6.54 Å². The van der Waals surface area contributed by atoms with Gasteiger partial charge in [0.05, 0.1) is 0 Å². The van der Waals surface area contributed by atoms with E-state index in [9.17, 15) is 0 Å². The minimum absolute atomic E-state index is 0.886. The second-order valence-corrected chi connectivity index (χ2v) is 4.15. The maximum atomic E-state index is 6.14. The molecule has 0 atom stereocenters. The molecule has 1 heterocycles. The predicted octanol–water partition coefficient (Wildman–Crippen LogP) is 3.40. The van der Waals surface area contributed by atoms with Crippen LogP contribution in [-0.2, 0) is 13.0 Å². The van der Waals surface area contributed by atoms with Gasteiger partial charge in [0.2, 0.25) is 0 Å². The lowest BCUT2D eigenvalue weighted by atomic mass is 9.99. The summed E-state index contributed by atoms with van der Waals surface area (Å²) in [5, 5.41) is 0.886. The Morgan fingerprint density at radius 2 is 2.27 bits per heavy atom. The minimum atomic E-state index is 0.886. The number of hydrogen-bond acceptors (Lipinski definition) is 1. The highest BCUT2D eigenvalue weighted by Crippen LogP contribution is 2.27. The Balaban J connectivity index is 2.27. The molecule has 0 radical (unpaired) electrons. The molecule has 15 heavy (non-hydrogen) atoms. The van der Waals surface area contributed by atoms with Crippen molar-refractivity contribution in [2.45, 2.75) is 13.0 Å². The summed E-state index contributed by atoms with van der Waals surface area (Å²) >= 11 is 6.14. The van der Waals surface area contributed by atoms with Crippen LogP contribution in [0.1, 0.15) is 11.1 Å². The zero-order valence-electron chi connectivity index (χ0n) is 8.67. The van der Waals surface area contributed by atoms with E-state index in [0.29, 0.717) is 0 Å². The quantitative estimate of drug-likeness (QED) is 0.690. The molecule has 0 aliphatic carbocycles. The van der Waals surface area contributed by atoms with Crippen LogP contribution < -0.4 is 0 Å². The third kappa shape index (κ3) is 1.93. The van der Waals surface area contributed by atoms with Crippen molar-refractivity contribution >= 4 is 11.6 Å². The van der Waals surface area contributed by atoms with Crippen molar-refractivity contribution in [3.05, 3.63) is 59.3 Å². The van der Waals surface area contributed by atoms with Gasteiger partial charge in [0.1, 0.15) is 0 Å².